The van der Waals surface area contributed by atoms with Crippen LogP contribution in [0.15, 0.2) is 72.8 Å². The number of nitrogens with zero attached hydrogens (tertiary/aromatic N) is 3. The lowest BCUT2D eigenvalue weighted by atomic mass is 9.99. The van der Waals surface area contributed by atoms with E-state index in [1.807, 2.05) is 59.5 Å². The number of anilines is 1. The highest BCUT2D eigenvalue weighted by molar-refractivity contribution is 6.30. The lowest BCUT2D eigenvalue weighted by Gasteiger charge is -2.36. The minimum atomic E-state index is 0.0652. The summed E-state index contributed by atoms with van der Waals surface area (Å²) < 4.78 is 0. The number of aromatic nitrogens is 1. The molecule has 1 aliphatic heterocycles. The fraction of sp³-hybridized carbons (Fsp3) is 0.214. The van der Waals surface area contributed by atoms with Crippen LogP contribution in [0, 0.1) is 13.8 Å². The van der Waals surface area contributed by atoms with E-state index in [-0.39, 0.29) is 5.91 Å². The van der Waals surface area contributed by atoms with Gasteiger partial charge in [0.1, 0.15) is 0 Å². The number of para-hydroxylation sites is 1. The predicted octanol–water partition coefficient (Wildman–Crippen LogP) is 6.13. The molecule has 0 spiro atoms. The molecule has 0 saturated carbocycles. The fourth-order valence-electron chi connectivity index (χ4n) is 4.58. The van der Waals surface area contributed by atoms with Crippen LogP contribution in [0.25, 0.3) is 22.2 Å². The first-order valence-electron chi connectivity index (χ1n) is 11.3. The number of piperazine rings is 1. The Morgan fingerprint density at radius 1 is 0.879 bits per heavy atom. The number of fused-ring (bicyclic) bond motifs is 1. The topological polar surface area (TPSA) is 36.4 Å². The molecule has 166 valence electrons. The average molecular weight is 456 g/mol. The van der Waals surface area contributed by atoms with E-state index in [1.54, 1.807) is 0 Å². The summed E-state index contributed by atoms with van der Waals surface area (Å²) in [6.07, 6.45) is 0. The lowest BCUT2D eigenvalue weighted by molar-refractivity contribution is 0.0748. The summed E-state index contributed by atoms with van der Waals surface area (Å²) in [4.78, 5) is 22.8. The molecule has 0 radical (unpaired) electrons. The molecule has 0 bridgehead atoms. The van der Waals surface area contributed by atoms with E-state index in [0.29, 0.717) is 13.1 Å². The normalized spacial score (nSPS) is 14.0. The van der Waals surface area contributed by atoms with Gasteiger partial charge in [-0.2, -0.15) is 0 Å². The molecule has 3 aromatic carbocycles. The van der Waals surface area contributed by atoms with Gasteiger partial charge in [-0.3, -0.25) is 4.79 Å². The van der Waals surface area contributed by atoms with Crippen LogP contribution in [0.4, 0.5) is 5.69 Å². The van der Waals surface area contributed by atoms with Crippen LogP contribution in [0.1, 0.15) is 21.5 Å². The fourth-order valence-corrected chi connectivity index (χ4v) is 4.71. The maximum Gasteiger partial charge on any atom is 0.254 e. The van der Waals surface area contributed by atoms with Crippen LogP contribution in [0.5, 0.6) is 0 Å². The highest BCUT2D eigenvalue weighted by Crippen LogP contribution is 2.29. The first kappa shape index (κ1) is 21.5. The van der Waals surface area contributed by atoms with Crippen molar-refractivity contribution in [2.45, 2.75) is 13.8 Å². The Hall–Kier alpha value is -3.37. The van der Waals surface area contributed by atoms with Gasteiger partial charge in [-0.15, -0.1) is 0 Å². The number of rotatable bonds is 3. The van der Waals surface area contributed by atoms with Crippen LogP contribution < -0.4 is 4.90 Å². The van der Waals surface area contributed by atoms with Crippen molar-refractivity contribution in [1.29, 1.82) is 0 Å². The highest BCUT2D eigenvalue weighted by Gasteiger charge is 2.24. The molecular formula is C28H26ClN3O. The molecule has 0 unspecified atom stereocenters. The molecular weight excluding hydrogens is 430 g/mol. The molecule has 4 aromatic rings. The molecule has 5 heteroatoms. The minimum Gasteiger partial charge on any atom is -0.368 e. The van der Waals surface area contributed by atoms with Crippen molar-refractivity contribution in [3.63, 3.8) is 0 Å². The SMILES string of the molecule is Cc1ccc(-c2cc(C(=O)N3CCN(c4ccc(Cl)cc4)CC3)c3ccccc3n2)c(C)c1. The zero-order valence-electron chi connectivity index (χ0n) is 18.9. The van der Waals surface area contributed by atoms with Gasteiger partial charge in [-0.05, 0) is 55.8 Å². The Kier molecular flexibility index (Phi) is 5.77. The largest absolute Gasteiger partial charge is 0.368 e. The maximum atomic E-state index is 13.7. The summed E-state index contributed by atoms with van der Waals surface area (Å²) in [5.74, 6) is 0.0652. The summed E-state index contributed by atoms with van der Waals surface area (Å²) in [7, 11) is 0. The Morgan fingerprint density at radius 2 is 1.61 bits per heavy atom. The van der Waals surface area contributed by atoms with Crippen molar-refractivity contribution in [3.05, 3.63) is 94.5 Å². The first-order valence-corrected chi connectivity index (χ1v) is 11.6. The van der Waals surface area contributed by atoms with E-state index in [0.717, 1.165) is 57.1 Å². The summed E-state index contributed by atoms with van der Waals surface area (Å²) in [5.41, 5.74) is 6.98. The van der Waals surface area contributed by atoms with Crippen LogP contribution in [0.3, 0.4) is 0 Å². The second-order valence-corrected chi connectivity index (χ2v) is 9.08. The van der Waals surface area contributed by atoms with E-state index in [9.17, 15) is 4.79 Å². The molecule has 0 atom stereocenters. The second kappa shape index (κ2) is 8.87. The third-order valence-corrected chi connectivity index (χ3v) is 6.62. The van der Waals surface area contributed by atoms with Gasteiger partial charge in [0.25, 0.3) is 5.91 Å². The molecule has 1 amide bonds. The molecule has 4 nitrogen and oxygen atoms in total. The zero-order chi connectivity index (χ0) is 22.9. The van der Waals surface area contributed by atoms with Gasteiger partial charge in [0.15, 0.2) is 0 Å². The summed E-state index contributed by atoms with van der Waals surface area (Å²) in [6, 6.07) is 24.1. The zero-order valence-corrected chi connectivity index (χ0v) is 19.6. The quantitative estimate of drug-likeness (QED) is 0.372. The van der Waals surface area contributed by atoms with Crippen LogP contribution >= 0.6 is 11.6 Å². The number of amides is 1. The molecule has 1 saturated heterocycles. The third kappa shape index (κ3) is 4.31. The van der Waals surface area contributed by atoms with Crippen molar-refractivity contribution in [2.24, 2.45) is 0 Å². The Morgan fingerprint density at radius 3 is 2.33 bits per heavy atom. The smallest absolute Gasteiger partial charge is 0.254 e. The van der Waals surface area contributed by atoms with Gasteiger partial charge in [-0.1, -0.05) is 53.6 Å². The van der Waals surface area contributed by atoms with Crippen LogP contribution in [0.2, 0.25) is 5.02 Å². The summed E-state index contributed by atoms with van der Waals surface area (Å²) in [5, 5.41) is 1.63. The highest BCUT2D eigenvalue weighted by atomic mass is 35.5. The van der Waals surface area contributed by atoms with E-state index >= 15 is 0 Å². The van der Waals surface area contributed by atoms with Crippen molar-refractivity contribution < 1.29 is 4.79 Å². The lowest BCUT2D eigenvalue weighted by Crippen LogP contribution is -2.48. The number of benzene rings is 3. The van der Waals surface area contributed by atoms with E-state index < -0.39 is 0 Å². The van der Waals surface area contributed by atoms with E-state index in [4.69, 9.17) is 16.6 Å². The molecule has 1 fully saturated rings. The first-order chi connectivity index (χ1) is 16.0. The van der Waals surface area contributed by atoms with Gasteiger partial charge >= 0.3 is 0 Å². The number of hydrogen-bond donors (Lipinski definition) is 0. The third-order valence-electron chi connectivity index (χ3n) is 6.36. The molecule has 2 heterocycles. The van der Waals surface area contributed by atoms with Gasteiger partial charge in [-0.25, -0.2) is 4.98 Å². The molecule has 0 aliphatic carbocycles. The number of carbonyl (C=O) groups excluding carboxylic acids is 1. The minimum absolute atomic E-state index is 0.0652. The molecule has 5 rings (SSSR count). The van der Waals surface area contributed by atoms with Crippen LogP contribution in [-0.4, -0.2) is 42.0 Å². The maximum absolute atomic E-state index is 13.7. The number of carbonyl (C=O) groups is 1. The van der Waals surface area contributed by atoms with Crippen molar-refractivity contribution in [2.75, 3.05) is 31.1 Å². The summed E-state index contributed by atoms with van der Waals surface area (Å²) in [6.45, 7) is 7.12. The van der Waals surface area contributed by atoms with Gasteiger partial charge in [0, 0.05) is 47.8 Å². The van der Waals surface area contributed by atoms with Crippen molar-refractivity contribution in [1.82, 2.24) is 9.88 Å². The van der Waals surface area contributed by atoms with Gasteiger partial charge in [0.2, 0.25) is 0 Å². The monoisotopic (exact) mass is 455 g/mol. The van der Waals surface area contributed by atoms with Gasteiger partial charge < -0.3 is 9.80 Å². The number of pyridine rings is 1. The second-order valence-electron chi connectivity index (χ2n) is 8.65. The van der Waals surface area contributed by atoms with Crippen molar-refractivity contribution in [3.8, 4) is 11.3 Å². The van der Waals surface area contributed by atoms with Crippen LogP contribution in [-0.2, 0) is 0 Å². The van der Waals surface area contributed by atoms with Gasteiger partial charge in [0.05, 0.1) is 16.8 Å². The average Bonchev–Trinajstić information content (AvgIpc) is 2.83. The molecule has 33 heavy (non-hydrogen) atoms. The molecule has 1 aromatic heterocycles. The molecule has 0 N–H and O–H groups in total. The number of hydrogen-bond acceptors (Lipinski definition) is 3. The summed E-state index contributed by atoms with van der Waals surface area (Å²) >= 11 is 6.03. The number of halogens is 1. The predicted molar refractivity (Wildman–Crippen MR) is 136 cm³/mol. The Labute approximate surface area is 199 Å². The Bertz CT molecular complexity index is 1330. The number of aryl methyl sites for hydroxylation is 2. The van der Waals surface area contributed by atoms with E-state index in [1.165, 1.54) is 5.56 Å². The Balaban J connectivity index is 1.45. The molecule has 1 aliphatic rings. The van der Waals surface area contributed by atoms with E-state index in [2.05, 4.69) is 36.9 Å². The standard InChI is InChI=1S/C28H26ClN3O/c1-19-7-12-23(20(2)17-19)27-18-25(24-5-3-4-6-26(24)30-27)28(33)32-15-13-31(14-16-32)22-10-8-21(29)9-11-22/h3-12,17-18H,13-16H2,1-2H3. The van der Waals surface area contributed by atoms with Crippen molar-refractivity contribution >= 4 is 34.1 Å².